The lowest BCUT2D eigenvalue weighted by molar-refractivity contribution is 0.147. The second kappa shape index (κ2) is 7.30. The SMILES string of the molecule is CC(C)COC(=O)Nc1cccc(C#CCO)n1. The van der Waals surface area contributed by atoms with Crippen LogP contribution in [0.2, 0.25) is 0 Å². The first-order valence-electron chi connectivity index (χ1n) is 5.62. The maximum atomic E-state index is 11.4. The lowest BCUT2D eigenvalue weighted by Gasteiger charge is -2.08. The summed E-state index contributed by atoms with van der Waals surface area (Å²) in [6, 6.07) is 5.04. The van der Waals surface area contributed by atoms with Gasteiger partial charge < -0.3 is 9.84 Å². The zero-order valence-corrected chi connectivity index (χ0v) is 10.4. The summed E-state index contributed by atoms with van der Waals surface area (Å²) in [6.07, 6.45) is -0.538. The number of hydrogen-bond donors (Lipinski definition) is 2. The summed E-state index contributed by atoms with van der Waals surface area (Å²) < 4.78 is 4.96. The third-order valence-electron chi connectivity index (χ3n) is 1.82. The Bertz CT molecular complexity index is 461. The van der Waals surface area contributed by atoms with E-state index in [1.807, 2.05) is 13.8 Å². The Morgan fingerprint density at radius 3 is 3.00 bits per heavy atom. The molecule has 5 heteroatoms. The number of hydrogen-bond acceptors (Lipinski definition) is 4. The minimum atomic E-state index is -0.538. The van der Waals surface area contributed by atoms with E-state index in [2.05, 4.69) is 22.1 Å². The Morgan fingerprint density at radius 1 is 1.56 bits per heavy atom. The van der Waals surface area contributed by atoms with E-state index < -0.39 is 6.09 Å². The Labute approximate surface area is 106 Å². The molecule has 0 unspecified atom stereocenters. The monoisotopic (exact) mass is 248 g/mol. The molecule has 0 aromatic carbocycles. The summed E-state index contributed by atoms with van der Waals surface area (Å²) in [5.74, 6) is 5.79. The van der Waals surface area contributed by atoms with E-state index in [0.29, 0.717) is 18.1 Å². The summed E-state index contributed by atoms with van der Waals surface area (Å²) in [5, 5.41) is 11.1. The van der Waals surface area contributed by atoms with Gasteiger partial charge in [0.2, 0.25) is 0 Å². The number of pyridine rings is 1. The van der Waals surface area contributed by atoms with E-state index in [-0.39, 0.29) is 12.5 Å². The lowest BCUT2D eigenvalue weighted by Crippen LogP contribution is -2.17. The van der Waals surface area contributed by atoms with E-state index in [0.717, 1.165) is 0 Å². The molecule has 5 nitrogen and oxygen atoms in total. The van der Waals surface area contributed by atoms with Crippen molar-refractivity contribution in [1.82, 2.24) is 4.98 Å². The standard InChI is InChI=1S/C13H16N2O3/c1-10(2)9-18-13(17)15-12-7-3-5-11(14-12)6-4-8-16/h3,5,7,10,16H,8-9H2,1-2H3,(H,14,15,17). The molecule has 18 heavy (non-hydrogen) atoms. The molecule has 1 amide bonds. The van der Waals surface area contributed by atoms with Crippen LogP contribution in [-0.2, 0) is 4.74 Å². The van der Waals surface area contributed by atoms with Crippen LogP contribution in [0.5, 0.6) is 0 Å². The van der Waals surface area contributed by atoms with Crippen LogP contribution in [-0.4, -0.2) is 29.4 Å². The first-order chi connectivity index (χ1) is 8.61. The summed E-state index contributed by atoms with van der Waals surface area (Å²) in [6.45, 7) is 4.04. The van der Waals surface area contributed by atoms with E-state index in [1.54, 1.807) is 18.2 Å². The van der Waals surface area contributed by atoms with Gasteiger partial charge in [-0.25, -0.2) is 9.78 Å². The van der Waals surface area contributed by atoms with Crippen molar-refractivity contribution in [2.45, 2.75) is 13.8 Å². The number of nitrogens with one attached hydrogen (secondary N) is 1. The highest BCUT2D eigenvalue weighted by molar-refractivity contribution is 5.83. The summed E-state index contributed by atoms with van der Waals surface area (Å²) in [5.41, 5.74) is 0.478. The molecule has 1 rings (SSSR count). The fourth-order valence-electron chi connectivity index (χ4n) is 1.09. The molecule has 0 aliphatic heterocycles. The van der Waals surface area contributed by atoms with Crippen LogP contribution in [0, 0.1) is 17.8 Å². The number of carbonyl (C=O) groups is 1. The van der Waals surface area contributed by atoms with Crippen molar-refractivity contribution in [3.8, 4) is 11.8 Å². The van der Waals surface area contributed by atoms with Crippen LogP contribution in [0.1, 0.15) is 19.5 Å². The first-order valence-corrected chi connectivity index (χ1v) is 5.62. The van der Waals surface area contributed by atoms with Gasteiger partial charge in [0.1, 0.15) is 18.1 Å². The molecule has 0 aliphatic carbocycles. The van der Waals surface area contributed by atoms with E-state index in [1.165, 1.54) is 0 Å². The number of ether oxygens (including phenoxy) is 1. The number of rotatable bonds is 3. The maximum absolute atomic E-state index is 11.4. The topological polar surface area (TPSA) is 71.5 Å². The normalized spacial score (nSPS) is 9.56. The minimum Gasteiger partial charge on any atom is -0.449 e. The molecule has 0 spiro atoms. The van der Waals surface area contributed by atoms with Gasteiger partial charge in [-0.2, -0.15) is 0 Å². The van der Waals surface area contributed by atoms with Crippen LogP contribution in [0.15, 0.2) is 18.2 Å². The minimum absolute atomic E-state index is 0.226. The van der Waals surface area contributed by atoms with Crippen molar-refractivity contribution >= 4 is 11.9 Å². The molecule has 0 atom stereocenters. The average Bonchev–Trinajstić information content (AvgIpc) is 2.34. The van der Waals surface area contributed by atoms with Gasteiger partial charge in [0.15, 0.2) is 0 Å². The zero-order valence-electron chi connectivity index (χ0n) is 10.4. The predicted molar refractivity (Wildman–Crippen MR) is 68.0 cm³/mol. The number of aliphatic hydroxyl groups excluding tert-OH is 1. The third kappa shape index (κ3) is 5.32. The fraction of sp³-hybridized carbons (Fsp3) is 0.385. The van der Waals surface area contributed by atoms with E-state index in [9.17, 15) is 4.79 Å². The molecule has 1 heterocycles. The van der Waals surface area contributed by atoms with Crippen molar-refractivity contribution < 1.29 is 14.6 Å². The second-order valence-electron chi connectivity index (χ2n) is 3.99. The molecule has 0 saturated heterocycles. The quantitative estimate of drug-likeness (QED) is 0.797. The van der Waals surface area contributed by atoms with Crippen molar-refractivity contribution in [2.24, 2.45) is 5.92 Å². The molecule has 0 aliphatic rings. The Morgan fingerprint density at radius 2 is 2.33 bits per heavy atom. The van der Waals surface area contributed by atoms with Crippen molar-refractivity contribution in [3.63, 3.8) is 0 Å². The van der Waals surface area contributed by atoms with Gasteiger partial charge in [-0.1, -0.05) is 25.8 Å². The average molecular weight is 248 g/mol. The van der Waals surface area contributed by atoms with Crippen LogP contribution < -0.4 is 5.32 Å². The Balaban J connectivity index is 2.59. The molecule has 96 valence electrons. The fourth-order valence-corrected chi connectivity index (χ4v) is 1.09. The molecule has 0 bridgehead atoms. The number of aromatic nitrogens is 1. The van der Waals surface area contributed by atoms with Crippen LogP contribution in [0.3, 0.4) is 0 Å². The summed E-state index contributed by atoms with van der Waals surface area (Å²) in [4.78, 5) is 15.5. The molecule has 0 fully saturated rings. The Kier molecular flexibility index (Phi) is 5.68. The van der Waals surface area contributed by atoms with Crippen molar-refractivity contribution in [2.75, 3.05) is 18.5 Å². The zero-order chi connectivity index (χ0) is 13.4. The smallest absolute Gasteiger partial charge is 0.412 e. The highest BCUT2D eigenvalue weighted by atomic mass is 16.5. The van der Waals surface area contributed by atoms with Gasteiger partial charge in [-0.3, -0.25) is 5.32 Å². The maximum Gasteiger partial charge on any atom is 0.412 e. The van der Waals surface area contributed by atoms with Gasteiger partial charge in [-0.05, 0) is 24.0 Å². The second-order valence-corrected chi connectivity index (χ2v) is 3.99. The molecule has 1 aromatic rings. The molecular formula is C13H16N2O3. The summed E-state index contributed by atoms with van der Waals surface area (Å²) >= 11 is 0. The Hall–Kier alpha value is -2.06. The number of carbonyl (C=O) groups excluding carboxylic acids is 1. The highest BCUT2D eigenvalue weighted by Gasteiger charge is 2.05. The van der Waals surface area contributed by atoms with Gasteiger partial charge in [0.25, 0.3) is 0 Å². The lowest BCUT2D eigenvalue weighted by atomic mass is 10.2. The number of aliphatic hydroxyl groups is 1. The molecular weight excluding hydrogens is 232 g/mol. The largest absolute Gasteiger partial charge is 0.449 e. The number of amides is 1. The molecule has 0 radical (unpaired) electrons. The van der Waals surface area contributed by atoms with Crippen LogP contribution >= 0.6 is 0 Å². The first kappa shape index (κ1) is 14.0. The number of nitrogens with zero attached hydrogens (tertiary/aromatic N) is 1. The van der Waals surface area contributed by atoms with Crippen LogP contribution in [0.4, 0.5) is 10.6 Å². The molecule has 0 saturated carbocycles. The molecule has 2 N–H and O–H groups in total. The predicted octanol–water partition coefficient (Wildman–Crippen LogP) is 1.63. The van der Waals surface area contributed by atoms with Gasteiger partial charge in [0.05, 0.1) is 6.61 Å². The third-order valence-corrected chi connectivity index (χ3v) is 1.82. The number of anilines is 1. The van der Waals surface area contributed by atoms with E-state index >= 15 is 0 Å². The summed E-state index contributed by atoms with van der Waals surface area (Å²) in [7, 11) is 0. The van der Waals surface area contributed by atoms with E-state index in [4.69, 9.17) is 9.84 Å². The highest BCUT2D eigenvalue weighted by Crippen LogP contribution is 2.05. The van der Waals surface area contributed by atoms with Crippen LogP contribution in [0.25, 0.3) is 0 Å². The van der Waals surface area contributed by atoms with Gasteiger partial charge >= 0.3 is 6.09 Å². The van der Waals surface area contributed by atoms with Crippen molar-refractivity contribution in [1.29, 1.82) is 0 Å². The van der Waals surface area contributed by atoms with Crippen molar-refractivity contribution in [3.05, 3.63) is 23.9 Å². The molecule has 1 aromatic heterocycles. The van der Waals surface area contributed by atoms with Gasteiger partial charge in [-0.15, -0.1) is 0 Å². The van der Waals surface area contributed by atoms with Gasteiger partial charge in [0, 0.05) is 0 Å².